The van der Waals surface area contributed by atoms with Crippen molar-refractivity contribution in [2.75, 3.05) is 6.61 Å². The molecule has 1 aliphatic rings. The summed E-state index contributed by atoms with van der Waals surface area (Å²) in [5, 5.41) is 0. The zero-order valence-electron chi connectivity index (χ0n) is 10.3. The highest BCUT2D eigenvalue weighted by atomic mass is 31.2. The maximum atomic E-state index is 11.7. The first-order valence-corrected chi connectivity index (χ1v) is 6.92. The lowest BCUT2D eigenvalue weighted by Crippen LogP contribution is -2.33. The number of nitrogens with one attached hydrogen (secondary N) is 1. The summed E-state index contributed by atoms with van der Waals surface area (Å²) in [5.74, 6) is 0. The summed E-state index contributed by atoms with van der Waals surface area (Å²) in [6.45, 7) is 1.67. The van der Waals surface area contributed by atoms with Crippen molar-refractivity contribution in [1.29, 1.82) is 0 Å². The number of aromatic nitrogens is 2. The van der Waals surface area contributed by atoms with Crippen molar-refractivity contribution < 1.29 is 19.0 Å². The van der Waals surface area contributed by atoms with E-state index in [1.54, 1.807) is 6.92 Å². The number of hydrogen-bond acceptors (Lipinski definition) is 6. The highest BCUT2D eigenvalue weighted by Gasteiger charge is 2.28. The van der Waals surface area contributed by atoms with E-state index in [0.717, 1.165) is 0 Å². The first kappa shape index (κ1) is 14.4. The maximum Gasteiger partial charge on any atom is 0.330 e. The van der Waals surface area contributed by atoms with Crippen LogP contribution in [0.3, 0.4) is 0 Å². The van der Waals surface area contributed by atoms with E-state index in [9.17, 15) is 9.59 Å². The van der Waals surface area contributed by atoms with Gasteiger partial charge >= 0.3 is 14.3 Å². The summed E-state index contributed by atoms with van der Waals surface area (Å²) in [5.41, 5.74) is -0.504. The Hall–Kier alpha value is -1.05. The van der Waals surface area contributed by atoms with Crippen LogP contribution in [0.4, 0.5) is 0 Å². The number of aryl methyl sites for hydroxylation is 1. The summed E-state index contributed by atoms with van der Waals surface area (Å²) in [6, 6.07) is 0. The van der Waals surface area contributed by atoms with E-state index < -0.39 is 26.1 Å². The Bertz CT molecular complexity index is 554. The fraction of sp³-hybridized carbons (Fsp3) is 0.600. The molecule has 0 spiro atoms. The molecular weight excluding hydrogens is 275 g/mol. The van der Waals surface area contributed by atoms with Gasteiger partial charge < -0.3 is 19.0 Å². The minimum Gasteiger partial charge on any atom is -0.352 e. The number of rotatable bonds is 4. The molecule has 1 fully saturated rings. The Morgan fingerprint density at radius 2 is 2.26 bits per heavy atom. The monoisotopic (exact) mass is 290 g/mol. The molecule has 2 atom stereocenters. The van der Waals surface area contributed by atoms with Gasteiger partial charge in [0.05, 0.1) is 12.7 Å². The Kier molecular flexibility index (Phi) is 4.49. The van der Waals surface area contributed by atoms with E-state index >= 15 is 0 Å². The van der Waals surface area contributed by atoms with Gasteiger partial charge in [-0.1, -0.05) is 0 Å². The Morgan fingerprint density at radius 3 is 2.95 bits per heavy atom. The van der Waals surface area contributed by atoms with E-state index in [1.807, 2.05) is 0 Å². The molecule has 2 unspecified atom stereocenters. The third-order valence-electron chi connectivity index (χ3n) is 2.92. The minimum absolute atomic E-state index is 0.0618. The van der Waals surface area contributed by atoms with Crippen LogP contribution >= 0.6 is 8.60 Å². The SMILES string of the molecule is Cc1cn(C2CCC(COP(O)O)O2)c(=O)[nH]c1=O. The van der Waals surface area contributed by atoms with Crippen LogP contribution in [0.1, 0.15) is 24.6 Å². The summed E-state index contributed by atoms with van der Waals surface area (Å²) >= 11 is 0. The predicted octanol–water partition coefficient (Wildman–Crippen LogP) is -0.249. The molecule has 0 aromatic carbocycles. The quantitative estimate of drug-likeness (QED) is 0.659. The second-order valence-corrected chi connectivity index (χ2v) is 5.08. The number of hydrogen-bond donors (Lipinski definition) is 3. The van der Waals surface area contributed by atoms with Gasteiger partial charge in [-0.05, 0) is 19.8 Å². The third-order valence-corrected chi connectivity index (χ3v) is 3.30. The fourth-order valence-electron chi connectivity index (χ4n) is 1.96. The van der Waals surface area contributed by atoms with Gasteiger partial charge in [0.25, 0.3) is 5.56 Å². The molecule has 9 heteroatoms. The molecular formula is C10H15N2O6P. The maximum absolute atomic E-state index is 11.7. The molecule has 1 aromatic rings. The molecule has 106 valence electrons. The fourth-order valence-corrected chi connectivity index (χ4v) is 2.26. The van der Waals surface area contributed by atoms with Gasteiger partial charge in [-0.2, -0.15) is 0 Å². The Labute approximate surface area is 109 Å². The van der Waals surface area contributed by atoms with E-state index in [1.165, 1.54) is 10.8 Å². The predicted molar refractivity (Wildman–Crippen MR) is 66.5 cm³/mol. The summed E-state index contributed by atoms with van der Waals surface area (Å²) < 4.78 is 11.6. The number of H-pyrrole nitrogens is 1. The molecule has 0 amide bonds. The lowest BCUT2D eigenvalue weighted by molar-refractivity contribution is -0.0217. The highest BCUT2D eigenvalue weighted by Crippen LogP contribution is 2.31. The standard InChI is InChI=1S/C10H15N2O6P/c1-6-4-12(10(14)11-9(6)13)8-3-2-7(18-8)5-17-19(15)16/h4,7-8,15-16H,2-3,5H2,1H3,(H,11,13,14). The lowest BCUT2D eigenvalue weighted by Gasteiger charge is -2.16. The van der Waals surface area contributed by atoms with E-state index in [4.69, 9.17) is 14.5 Å². The van der Waals surface area contributed by atoms with Crippen molar-refractivity contribution in [2.45, 2.75) is 32.1 Å². The van der Waals surface area contributed by atoms with Gasteiger partial charge in [-0.25, -0.2) is 4.79 Å². The number of ether oxygens (including phenoxy) is 1. The van der Waals surface area contributed by atoms with Gasteiger partial charge in [0.1, 0.15) is 6.23 Å². The molecule has 0 bridgehead atoms. The minimum atomic E-state index is -2.40. The summed E-state index contributed by atoms with van der Waals surface area (Å²) in [6.07, 6.45) is 1.92. The third kappa shape index (κ3) is 3.49. The van der Waals surface area contributed by atoms with Crippen molar-refractivity contribution in [1.82, 2.24) is 9.55 Å². The van der Waals surface area contributed by atoms with Crippen LogP contribution in [0.5, 0.6) is 0 Å². The number of nitrogens with zero attached hydrogens (tertiary/aromatic N) is 1. The molecule has 1 aromatic heterocycles. The second-order valence-electron chi connectivity index (χ2n) is 4.32. The first-order valence-electron chi connectivity index (χ1n) is 5.75. The summed E-state index contributed by atoms with van der Waals surface area (Å²) in [7, 11) is -2.40. The molecule has 19 heavy (non-hydrogen) atoms. The van der Waals surface area contributed by atoms with Crippen LogP contribution in [0.25, 0.3) is 0 Å². The van der Waals surface area contributed by atoms with Crippen molar-refractivity contribution in [3.8, 4) is 0 Å². The van der Waals surface area contributed by atoms with Crippen LogP contribution < -0.4 is 11.2 Å². The smallest absolute Gasteiger partial charge is 0.330 e. The topological polar surface area (TPSA) is 114 Å². The molecule has 2 rings (SSSR count). The van der Waals surface area contributed by atoms with Crippen LogP contribution in [0, 0.1) is 6.92 Å². The van der Waals surface area contributed by atoms with Crippen LogP contribution in [-0.2, 0) is 9.26 Å². The molecule has 1 aliphatic heterocycles. The highest BCUT2D eigenvalue weighted by molar-refractivity contribution is 7.39. The van der Waals surface area contributed by atoms with Crippen LogP contribution in [-0.4, -0.2) is 32.0 Å². The van der Waals surface area contributed by atoms with Gasteiger partial charge in [0.15, 0.2) is 0 Å². The normalized spacial score (nSPS) is 23.2. The molecule has 3 N–H and O–H groups in total. The average molecular weight is 290 g/mol. The number of aromatic amines is 1. The summed E-state index contributed by atoms with van der Waals surface area (Å²) in [4.78, 5) is 42.5. The Morgan fingerprint density at radius 1 is 1.53 bits per heavy atom. The molecule has 2 heterocycles. The van der Waals surface area contributed by atoms with E-state index in [0.29, 0.717) is 18.4 Å². The van der Waals surface area contributed by atoms with Crippen molar-refractivity contribution in [3.63, 3.8) is 0 Å². The molecule has 8 nitrogen and oxygen atoms in total. The van der Waals surface area contributed by atoms with E-state index in [-0.39, 0.29) is 12.7 Å². The lowest BCUT2D eigenvalue weighted by atomic mass is 10.2. The van der Waals surface area contributed by atoms with Crippen molar-refractivity contribution in [2.24, 2.45) is 0 Å². The first-order chi connectivity index (χ1) is 8.97. The van der Waals surface area contributed by atoms with Gasteiger partial charge in [0, 0.05) is 11.8 Å². The zero-order chi connectivity index (χ0) is 14.0. The van der Waals surface area contributed by atoms with Crippen LogP contribution in [0.15, 0.2) is 15.8 Å². The molecule has 1 saturated heterocycles. The largest absolute Gasteiger partial charge is 0.352 e. The Balaban J connectivity index is 2.07. The van der Waals surface area contributed by atoms with Gasteiger partial charge in [-0.15, -0.1) is 0 Å². The van der Waals surface area contributed by atoms with Crippen molar-refractivity contribution in [3.05, 3.63) is 32.6 Å². The van der Waals surface area contributed by atoms with Gasteiger partial charge in [-0.3, -0.25) is 14.3 Å². The van der Waals surface area contributed by atoms with Gasteiger partial charge in [0.2, 0.25) is 0 Å². The average Bonchev–Trinajstić information content (AvgIpc) is 2.80. The molecule has 0 aliphatic carbocycles. The van der Waals surface area contributed by atoms with E-state index in [2.05, 4.69) is 9.51 Å². The van der Waals surface area contributed by atoms with Crippen molar-refractivity contribution >= 4 is 8.60 Å². The second kappa shape index (κ2) is 5.94. The van der Waals surface area contributed by atoms with Crippen LogP contribution in [0.2, 0.25) is 0 Å². The molecule has 0 radical (unpaired) electrons. The zero-order valence-corrected chi connectivity index (χ0v) is 11.2. The molecule has 0 saturated carbocycles.